The van der Waals surface area contributed by atoms with Gasteiger partial charge in [-0.2, -0.15) is 31.6 Å². The molecular weight excluding hydrogens is 623 g/mol. The molecule has 0 unspecified atom stereocenters. The molecule has 0 atom stereocenters. The molecule has 44 heavy (non-hydrogen) atoms. The zero-order valence-electron chi connectivity index (χ0n) is 24.7. The molecule has 3 aromatic rings. The van der Waals surface area contributed by atoms with E-state index in [2.05, 4.69) is 39.6 Å². The monoisotopic (exact) mass is 661 g/mol. The molecule has 0 saturated heterocycles. The fourth-order valence-corrected chi connectivity index (χ4v) is 4.27. The lowest BCUT2D eigenvalue weighted by Gasteiger charge is -2.21. The molecule has 0 saturated carbocycles. The van der Waals surface area contributed by atoms with Gasteiger partial charge in [-0.25, -0.2) is 0 Å². The average Bonchev–Trinajstić information content (AvgIpc) is 2.90. The Kier molecular flexibility index (Phi) is 12.2. The number of para-hydroxylation sites is 2. The van der Waals surface area contributed by atoms with Crippen LogP contribution in [0.5, 0.6) is 29.1 Å². The third-order valence-corrected chi connectivity index (χ3v) is 7.14. The summed E-state index contributed by atoms with van der Waals surface area (Å²) in [4.78, 5) is 8.42. The summed E-state index contributed by atoms with van der Waals surface area (Å²) in [5, 5.41) is 0. The molecule has 0 amide bonds. The maximum absolute atomic E-state index is 13.1. The highest BCUT2D eigenvalue weighted by atomic mass is 32.2. The van der Waals surface area contributed by atoms with E-state index in [0.29, 0.717) is 10.6 Å². The van der Waals surface area contributed by atoms with Crippen LogP contribution in [0.2, 0.25) is 0 Å². The van der Waals surface area contributed by atoms with E-state index in [0.717, 1.165) is 17.5 Å². The largest absolute Gasteiger partial charge is 0.534 e. The molecule has 0 aliphatic rings. The summed E-state index contributed by atoms with van der Waals surface area (Å²) in [5.41, 5.74) is -5.23. The Hall–Kier alpha value is -3.43. The number of methoxy groups -OCH3 is 1. The van der Waals surface area contributed by atoms with Crippen molar-refractivity contribution in [3.63, 3.8) is 0 Å². The molecule has 0 spiro atoms. The summed E-state index contributed by atoms with van der Waals surface area (Å²) in [6, 6.07) is 13.0. The lowest BCUT2D eigenvalue weighted by atomic mass is 9.87. The number of nitrogens with one attached hydrogen (secondary N) is 1. The first kappa shape index (κ1) is 36.8. The number of anilines is 1. The molecule has 0 aliphatic heterocycles. The van der Waals surface area contributed by atoms with Crippen molar-refractivity contribution >= 4 is 27.9 Å². The third-order valence-electron chi connectivity index (χ3n) is 5.41. The third kappa shape index (κ3) is 10.3. The normalized spacial score (nSPS) is 12.2. The van der Waals surface area contributed by atoms with Crippen LogP contribution in [0, 0.1) is 0 Å². The maximum atomic E-state index is 13.1. The number of halogens is 3. The highest BCUT2D eigenvalue weighted by molar-refractivity contribution is 8.00. The highest BCUT2D eigenvalue weighted by Gasteiger charge is 2.49. The molecule has 1 N–H and O–H groups in total. The minimum absolute atomic E-state index is 0. The Bertz CT molecular complexity index is 1490. The van der Waals surface area contributed by atoms with Crippen molar-refractivity contribution in [2.75, 3.05) is 25.0 Å². The highest BCUT2D eigenvalue weighted by Crippen LogP contribution is 2.42. The van der Waals surface area contributed by atoms with Gasteiger partial charge in [-0.1, -0.05) is 52.5 Å². The summed E-state index contributed by atoms with van der Waals surface area (Å²) in [6.45, 7) is 11.6. The summed E-state index contributed by atoms with van der Waals surface area (Å²) >= 11 is 1.04. The van der Waals surface area contributed by atoms with E-state index in [4.69, 9.17) is 18.9 Å². The number of rotatable bonds is 12. The Labute approximate surface area is 260 Å². The van der Waals surface area contributed by atoms with Crippen molar-refractivity contribution in [2.24, 2.45) is 0 Å². The molecule has 0 radical (unpaired) electrons. The van der Waals surface area contributed by atoms with Gasteiger partial charge in [0, 0.05) is 4.90 Å². The van der Waals surface area contributed by atoms with Crippen LogP contribution in [0.1, 0.15) is 54.5 Å². The quantitative estimate of drug-likeness (QED) is 0.0888. The van der Waals surface area contributed by atoms with Gasteiger partial charge >= 0.3 is 21.6 Å². The number of ether oxygens (including phenoxy) is 4. The van der Waals surface area contributed by atoms with E-state index in [-0.39, 0.29) is 43.4 Å². The van der Waals surface area contributed by atoms with Gasteiger partial charge in [0.2, 0.25) is 5.75 Å². The van der Waals surface area contributed by atoms with Crippen molar-refractivity contribution in [1.29, 1.82) is 0 Å². The smallest absolute Gasteiger partial charge is 0.493 e. The first-order valence-electron chi connectivity index (χ1n) is 12.9. The summed E-state index contributed by atoms with van der Waals surface area (Å²) in [7, 11) is -4.67. The first-order valence-corrected chi connectivity index (χ1v) is 15.2. The van der Waals surface area contributed by atoms with Gasteiger partial charge in [0.25, 0.3) is 5.88 Å². The van der Waals surface area contributed by atoms with Crippen LogP contribution in [0.25, 0.3) is 0 Å². The number of hydrogen-bond acceptors (Lipinski definition) is 11. The van der Waals surface area contributed by atoms with Crippen LogP contribution in [0.15, 0.2) is 53.4 Å². The van der Waals surface area contributed by atoms with Gasteiger partial charge in [-0.3, -0.25) is 0 Å². The summed E-state index contributed by atoms with van der Waals surface area (Å²) in [5.74, 6) is -0.290. The van der Waals surface area contributed by atoms with E-state index in [9.17, 15) is 21.6 Å². The SMILES string of the molecule is C.COc1ccccc1Oc1c(NSc2ccc(C(C)(C)C)cc2)nc(OS(=O)(=O)C(F)(F)F)nc1OCCOC(C)(C)C. The molecule has 2 aromatic carbocycles. The Morgan fingerprint density at radius 3 is 2.05 bits per heavy atom. The predicted molar refractivity (Wildman–Crippen MR) is 163 cm³/mol. The molecule has 1 heterocycles. The van der Waals surface area contributed by atoms with E-state index in [1.54, 1.807) is 24.3 Å². The van der Waals surface area contributed by atoms with Gasteiger partial charge in [0.1, 0.15) is 6.61 Å². The number of benzene rings is 2. The lowest BCUT2D eigenvalue weighted by Crippen LogP contribution is -2.29. The molecule has 0 fully saturated rings. The van der Waals surface area contributed by atoms with Gasteiger partial charge in [-0.05, 0) is 68.0 Å². The van der Waals surface area contributed by atoms with Crippen LogP contribution in [-0.4, -0.2) is 49.8 Å². The molecule has 3 rings (SSSR count). The molecule has 0 bridgehead atoms. The first-order chi connectivity index (χ1) is 19.9. The topological polar surface area (TPSA) is 118 Å². The standard InChI is InChI=1S/C28H34F3N3O7S2.CH4/c1-26(2,3)18-12-14-19(15-13-18)42-34-23-22(40-21-11-9-8-10-20(21)37-7)24(38-16-17-39-27(4,5)6)33-25(32-23)41-43(35,36)28(29,30)31;/h8-15H,16-17H2,1-7H3,(H,32,33,34);1H4. The van der Waals surface area contributed by atoms with Crippen molar-refractivity contribution in [1.82, 2.24) is 9.97 Å². The number of aromatic nitrogens is 2. The Morgan fingerprint density at radius 1 is 0.886 bits per heavy atom. The van der Waals surface area contributed by atoms with Crippen molar-refractivity contribution in [2.45, 2.75) is 70.4 Å². The number of hydrogen-bond donors (Lipinski definition) is 1. The van der Waals surface area contributed by atoms with Gasteiger partial charge < -0.3 is 27.9 Å². The molecular formula is C29H38F3N3O7S2. The number of nitrogens with zero attached hydrogens (tertiary/aromatic N) is 2. The second-order valence-electron chi connectivity index (χ2n) is 11.0. The van der Waals surface area contributed by atoms with Crippen LogP contribution < -0.4 is 23.1 Å². The molecule has 244 valence electrons. The van der Waals surface area contributed by atoms with E-state index >= 15 is 0 Å². The van der Waals surface area contributed by atoms with Crippen molar-refractivity contribution in [3.8, 4) is 29.1 Å². The summed E-state index contributed by atoms with van der Waals surface area (Å²) < 4.78 is 92.9. The maximum Gasteiger partial charge on any atom is 0.534 e. The molecule has 15 heteroatoms. The van der Waals surface area contributed by atoms with E-state index in [1.807, 2.05) is 45.0 Å². The van der Waals surface area contributed by atoms with Crippen LogP contribution in [-0.2, 0) is 20.3 Å². The average molecular weight is 662 g/mol. The fourth-order valence-electron chi connectivity index (χ4n) is 3.28. The number of alkyl halides is 3. The minimum Gasteiger partial charge on any atom is -0.493 e. The van der Waals surface area contributed by atoms with Crippen LogP contribution in [0.3, 0.4) is 0 Å². The van der Waals surface area contributed by atoms with Crippen LogP contribution >= 0.6 is 11.9 Å². The van der Waals surface area contributed by atoms with Crippen molar-refractivity contribution < 1.29 is 44.7 Å². The Morgan fingerprint density at radius 2 is 1.50 bits per heavy atom. The predicted octanol–water partition coefficient (Wildman–Crippen LogP) is 7.75. The fraction of sp³-hybridized carbons (Fsp3) is 0.448. The Balaban J connectivity index is 0.00000675. The van der Waals surface area contributed by atoms with Crippen molar-refractivity contribution in [3.05, 3.63) is 54.1 Å². The molecule has 1 aromatic heterocycles. The van der Waals surface area contributed by atoms with Gasteiger partial charge in [0.15, 0.2) is 17.3 Å². The molecule has 0 aliphatic carbocycles. The minimum atomic E-state index is -6.10. The lowest BCUT2D eigenvalue weighted by molar-refractivity contribution is -0.0503. The molecule has 10 nitrogen and oxygen atoms in total. The van der Waals surface area contributed by atoms with E-state index in [1.165, 1.54) is 7.11 Å². The zero-order valence-corrected chi connectivity index (χ0v) is 26.4. The van der Waals surface area contributed by atoms with Crippen LogP contribution in [0.4, 0.5) is 19.0 Å². The summed E-state index contributed by atoms with van der Waals surface area (Å²) in [6.07, 6.45) is 0. The second-order valence-corrected chi connectivity index (χ2v) is 13.4. The zero-order chi connectivity index (χ0) is 32.1. The van der Waals surface area contributed by atoms with E-state index < -0.39 is 33.1 Å². The van der Waals surface area contributed by atoms with Gasteiger partial charge in [-0.15, -0.1) is 0 Å². The van der Waals surface area contributed by atoms with Gasteiger partial charge in [0.05, 0.1) is 19.3 Å². The second kappa shape index (κ2) is 14.6.